The van der Waals surface area contributed by atoms with Gasteiger partial charge in [-0.1, -0.05) is 13.8 Å². The van der Waals surface area contributed by atoms with Gasteiger partial charge in [0.15, 0.2) is 11.6 Å². The maximum absolute atomic E-state index is 13.0. The molecule has 0 radical (unpaired) electrons. The highest BCUT2D eigenvalue weighted by Crippen LogP contribution is 2.13. The van der Waals surface area contributed by atoms with E-state index < -0.39 is 21.7 Å². The van der Waals surface area contributed by atoms with Gasteiger partial charge in [-0.15, -0.1) is 0 Å². The van der Waals surface area contributed by atoms with E-state index in [2.05, 4.69) is 10.0 Å². The lowest BCUT2D eigenvalue weighted by molar-refractivity contribution is -0.121. The van der Waals surface area contributed by atoms with E-state index in [1.54, 1.807) is 0 Å². The van der Waals surface area contributed by atoms with Crippen LogP contribution in [0.2, 0.25) is 0 Å². The van der Waals surface area contributed by atoms with Crippen molar-refractivity contribution in [3.63, 3.8) is 0 Å². The molecular weight excluding hydrogens is 314 g/mol. The molecule has 0 aromatic heterocycles. The molecule has 0 unspecified atom stereocenters. The summed E-state index contributed by atoms with van der Waals surface area (Å²) in [6, 6.07) is 2.37. The second-order valence-electron chi connectivity index (χ2n) is 4.80. The highest BCUT2D eigenvalue weighted by molar-refractivity contribution is 7.89. The van der Waals surface area contributed by atoms with E-state index in [9.17, 15) is 22.0 Å². The lowest BCUT2D eigenvalue weighted by atomic mass is 10.1. The molecule has 0 aliphatic rings. The third-order valence-electron chi connectivity index (χ3n) is 3.20. The van der Waals surface area contributed by atoms with Crippen LogP contribution in [0.5, 0.6) is 0 Å². The zero-order chi connectivity index (χ0) is 16.8. The minimum Gasteiger partial charge on any atom is -0.353 e. The Kier molecular flexibility index (Phi) is 6.89. The normalized spacial score (nSPS) is 11.7. The van der Waals surface area contributed by atoms with Crippen LogP contribution in [0, 0.1) is 11.6 Å². The third-order valence-corrected chi connectivity index (χ3v) is 4.65. The molecule has 0 saturated carbocycles. The monoisotopic (exact) mass is 334 g/mol. The molecule has 0 spiro atoms. The van der Waals surface area contributed by atoms with Crippen LogP contribution in [0.15, 0.2) is 23.1 Å². The largest absolute Gasteiger partial charge is 0.353 e. The number of halogens is 2. The number of carbonyl (C=O) groups is 1. The molecule has 1 amide bonds. The molecule has 0 atom stereocenters. The minimum atomic E-state index is -3.97. The van der Waals surface area contributed by atoms with Crippen molar-refractivity contribution in [2.75, 3.05) is 6.54 Å². The average Bonchev–Trinajstić information content (AvgIpc) is 2.47. The van der Waals surface area contributed by atoms with Gasteiger partial charge in [0.25, 0.3) is 0 Å². The Morgan fingerprint density at radius 1 is 1.18 bits per heavy atom. The van der Waals surface area contributed by atoms with Gasteiger partial charge in [0, 0.05) is 19.0 Å². The van der Waals surface area contributed by atoms with Crippen LogP contribution in [0.1, 0.15) is 33.1 Å². The molecule has 124 valence electrons. The number of amides is 1. The van der Waals surface area contributed by atoms with Crippen LogP contribution >= 0.6 is 0 Å². The number of nitrogens with one attached hydrogen (secondary N) is 2. The zero-order valence-electron chi connectivity index (χ0n) is 12.5. The van der Waals surface area contributed by atoms with Crippen molar-refractivity contribution >= 4 is 15.9 Å². The quantitative estimate of drug-likeness (QED) is 0.763. The zero-order valence-corrected chi connectivity index (χ0v) is 13.3. The summed E-state index contributed by atoms with van der Waals surface area (Å²) >= 11 is 0. The lowest BCUT2D eigenvalue weighted by Gasteiger charge is -2.14. The van der Waals surface area contributed by atoms with Gasteiger partial charge in [-0.25, -0.2) is 21.9 Å². The first-order valence-corrected chi connectivity index (χ1v) is 8.52. The molecule has 1 aromatic rings. The molecule has 8 heteroatoms. The van der Waals surface area contributed by atoms with Gasteiger partial charge in [0.05, 0.1) is 4.90 Å². The smallest absolute Gasteiger partial charge is 0.240 e. The fraction of sp³-hybridized carbons (Fsp3) is 0.500. The Hall–Kier alpha value is -1.54. The highest BCUT2D eigenvalue weighted by atomic mass is 32.2. The van der Waals surface area contributed by atoms with Gasteiger partial charge in [0.1, 0.15) is 0 Å². The van der Waals surface area contributed by atoms with Gasteiger partial charge < -0.3 is 5.32 Å². The molecule has 0 fully saturated rings. The van der Waals surface area contributed by atoms with Crippen LogP contribution in [-0.2, 0) is 14.8 Å². The Balaban J connectivity index is 2.56. The summed E-state index contributed by atoms with van der Waals surface area (Å²) in [7, 11) is -3.97. The van der Waals surface area contributed by atoms with Crippen molar-refractivity contribution in [1.29, 1.82) is 0 Å². The Labute approximate surface area is 129 Å². The molecule has 1 aromatic carbocycles. The fourth-order valence-electron chi connectivity index (χ4n) is 1.82. The Morgan fingerprint density at radius 2 is 1.82 bits per heavy atom. The van der Waals surface area contributed by atoms with E-state index in [1.807, 2.05) is 13.8 Å². The molecular formula is C14H20F2N2O3S. The summed E-state index contributed by atoms with van der Waals surface area (Å²) in [4.78, 5) is 11.3. The van der Waals surface area contributed by atoms with Crippen LogP contribution in [0.3, 0.4) is 0 Å². The number of hydrogen-bond acceptors (Lipinski definition) is 3. The number of rotatable bonds is 8. The lowest BCUT2D eigenvalue weighted by Crippen LogP contribution is -2.36. The molecule has 1 rings (SSSR count). The van der Waals surface area contributed by atoms with E-state index in [-0.39, 0.29) is 29.8 Å². The highest BCUT2D eigenvalue weighted by Gasteiger charge is 2.17. The van der Waals surface area contributed by atoms with E-state index >= 15 is 0 Å². The van der Waals surface area contributed by atoms with Gasteiger partial charge in [0.2, 0.25) is 15.9 Å². The summed E-state index contributed by atoms with van der Waals surface area (Å²) in [5, 5.41) is 2.78. The van der Waals surface area contributed by atoms with Crippen LogP contribution in [0.4, 0.5) is 8.78 Å². The molecule has 0 aliphatic carbocycles. The van der Waals surface area contributed by atoms with Crippen molar-refractivity contribution in [2.24, 2.45) is 0 Å². The molecule has 2 N–H and O–H groups in total. The van der Waals surface area contributed by atoms with E-state index in [1.165, 1.54) is 0 Å². The van der Waals surface area contributed by atoms with Gasteiger partial charge in [-0.3, -0.25) is 4.79 Å². The fourth-order valence-corrected chi connectivity index (χ4v) is 2.86. The summed E-state index contributed by atoms with van der Waals surface area (Å²) in [5.74, 6) is -2.63. The Morgan fingerprint density at radius 3 is 2.36 bits per heavy atom. The van der Waals surface area contributed by atoms with Gasteiger partial charge >= 0.3 is 0 Å². The van der Waals surface area contributed by atoms with Crippen molar-refractivity contribution in [3.05, 3.63) is 29.8 Å². The molecule has 0 bridgehead atoms. The predicted octanol–water partition coefficient (Wildman–Crippen LogP) is 1.94. The maximum atomic E-state index is 13.0. The predicted molar refractivity (Wildman–Crippen MR) is 78.7 cm³/mol. The first-order chi connectivity index (χ1) is 10.3. The number of carbonyl (C=O) groups excluding carboxylic acids is 1. The molecule has 22 heavy (non-hydrogen) atoms. The van der Waals surface area contributed by atoms with Crippen LogP contribution < -0.4 is 10.0 Å². The topological polar surface area (TPSA) is 75.3 Å². The van der Waals surface area contributed by atoms with E-state index in [4.69, 9.17) is 0 Å². The summed E-state index contributed by atoms with van der Waals surface area (Å²) in [5.41, 5.74) is 0. The third kappa shape index (κ3) is 5.34. The van der Waals surface area contributed by atoms with Crippen molar-refractivity contribution in [3.8, 4) is 0 Å². The standard InChI is InChI=1S/C14H20F2N2O3S/c1-3-10(4-2)18-14(19)7-8-17-22(20,21)11-5-6-12(15)13(16)9-11/h5-6,9-10,17H,3-4,7-8H2,1-2H3,(H,18,19). The second kappa shape index (κ2) is 8.19. The molecule has 5 nitrogen and oxygen atoms in total. The first-order valence-electron chi connectivity index (χ1n) is 7.04. The SMILES string of the molecule is CCC(CC)NC(=O)CCNS(=O)(=O)c1ccc(F)c(F)c1. The van der Waals surface area contributed by atoms with Crippen LogP contribution in [-0.4, -0.2) is 26.9 Å². The summed E-state index contributed by atoms with van der Waals surface area (Å²) in [6.07, 6.45) is 1.56. The van der Waals surface area contributed by atoms with Crippen molar-refractivity contribution in [2.45, 2.75) is 44.0 Å². The van der Waals surface area contributed by atoms with Crippen molar-refractivity contribution < 1.29 is 22.0 Å². The molecule has 0 aliphatic heterocycles. The Bertz CT molecular complexity index is 617. The summed E-state index contributed by atoms with van der Waals surface area (Å²) < 4.78 is 51.8. The van der Waals surface area contributed by atoms with Gasteiger partial charge in [-0.05, 0) is 31.0 Å². The minimum absolute atomic E-state index is 0.0284. The molecule has 0 heterocycles. The summed E-state index contributed by atoms with van der Waals surface area (Å²) in [6.45, 7) is 3.77. The second-order valence-corrected chi connectivity index (χ2v) is 6.57. The first kappa shape index (κ1) is 18.5. The average molecular weight is 334 g/mol. The molecule has 0 saturated heterocycles. The number of benzene rings is 1. The number of sulfonamides is 1. The van der Waals surface area contributed by atoms with Crippen LogP contribution in [0.25, 0.3) is 0 Å². The van der Waals surface area contributed by atoms with E-state index in [0.29, 0.717) is 6.07 Å². The van der Waals surface area contributed by atoms with Gasteiger partial charge in [-0.2, -0.15) is 0 Å². The van der Waals surface area contributed by atoms with E-state index in [0.717, 1.165) is 25.0 Å². The van der Waals surface area contributed by atoms with Crippen molar-refractivity contribution in [1.82, 2.24) is 10.0 Å². The number of hydrogen-bond donors (Lipinski definition) is 2. The maximum Gasteiger partial charge on any atom is 0.240 e.